The molecule has 0 aromatic heterocycles. The van der Waals surface area contributed by atoms with Gasteiger partial charge in [-0.15, -0.1) is 0 Å². The second kappa shape index (κ2) is 5.13. The molecule has 1 rings (SSSR count). The van der Waals surface area contributed by atoms with Gasteiger partial charge >= 0.3 is 0 Å². The van der Waals surface area contributed by atoms with Crippen molar-refractivity contribution in [1.82, 2.24) is 0 Å². The van der Waals surface area contributed by atoms with Gasteiger partial charge in [0, 0.05) is 16.3 Å². The Kier molecular flexibility index (Phi) is 4.08. The minimum Gasteiger partial charge on any atom is -0.399 e. The summed E-state index contributed by atoms with van der Waals surface area (Å²) in [6, 6.07) is 9.27. The van der Waals surface area contributed by atoms with Crippen LogP contribution in [0.2, 0.25) is 0 Å². The summed E-state index contributed by atoms with van der Waals surface area (Å²) in [6.45, 7) is 3.70. The van der Waals surface area contributed by atoms with Gasteiger partial charge in [-0.05, 0) is 38.5 Å². The first-order valence-electron chi connectivity index (χ1n) is 5.10. The predicted molar refractivity (Wildman–Crippen MR) is 66.1 cm³/mol. The maximum atomic E-state index is 11.9. The highest BCUT2D eigenvalue weighted by molar-refractivity contribution is 7.85. The lowest BCUT2D eigenvalue weighted by molar-refractivity contribution is 0.479. The summed E-state index contributed by atoms with van der Waals surface area (Å²) in [5.74, 6) is 0.490. The van der Waals surface area contributed by atoms with E-state index in [4.69, 9.17) is 11.0 Å². The van der Waals surface area contributed by atoms with E-state index in [1.54, 1.807) is 24.3 Å². The number of anilines is 1. The van der Waals surface area contributed by atoms with E-state index in [0.717, 1.165) is 4.90 Å². The van der Waals surface area contributed by atoms with Crippen LogP contribution in [-0.2, 0) is 10.8 Å². The fourth-order valence-corrected chi connectivity index (χ4v) is 2.61. The maximum absolute atomic E-state index is 11.9. The summed E-state index contributed by atoms with van der Waals surface area (Å²) in [4.78, 5) is 0.730. The number of rotatable bonds is 4. The standard InChI is InChI=1S/C12H16N2OS/c1-12(2,9-13)6-7-16(15)11-5-3-4-10(14)8-11/h3-5,8H,6-7,14H2,1-2H3. The first-order chi connectivity index (χ1) is 7.44. The third kappa shape index (κ3) is 3.67. The number of nitriles is 1. The molecule has 0 saturated carbocycles. The van der Waals surface area contributed by atoms with Gasteiger partial charge in [0.1, 0.15) is 0 Å². The lowest BCUT2D eigenvalue weighted by Crippen LogP contribution is -2.12. The molecular weight excluding hydrogens is 220 g/mol. The number of nitrogens with zero attached hydrogens (tertiary/aromatic N) is 1. The van der Waals surface area contributed by atoms with Crippen LogP contribution in [0.15, 0.2) is 29.2 Å². The molecule has 0 bridgehead atoms. The van der Waals surface area contributed by atoms with Crippen LogP contribution in [0.5, 0.6) is 0 Å². The van der Waals surface area contributed by atoms with Crippen molar-refractivity contribution >= 4 is 16.5 Å². The summed E-state index contributed by atoms with van der Waals surface area (Å²) in [5.41, 5.74) is 5.81. The van der Waals surface area contributed by atoms with Crippen LogP contribution in [0.3, 0.4) is 0 Å². The fourth-order valence-electron chi connectivity index (χ4n) is 1.18. The molecule has 0 aliphatic heterocycles. The number of hydrogen-bond donors (Lipinski definition) is 1. The van der Waals surface area contributed by atoms with Gasteiger partial charge in [-0.2, -0.15) is 5.26 Å². The minimum atomic E-state index is -1.07. The third-order valence-electron chi connectivity index (χ3n) is 2.34. The van der Waals surface area contributed by atoms with Crippen LogP contribution < -0.4 is 5.73 Å². The van der Waals surface area contributed by atoms with E-state index in [1.807, 2.05) is 13.8 Å². The molecule has 1 unspecified atom stereocenters. The molecule has 0 aliphatic carbocycles. The van der Waals surface area contributed by atoms with Gasteiger partial charge < -0.3 is 5.73 Å². The van der Waals surface area contributed by atoms with Gasteiger partial charge in [0.05, 0.1) is 22.3 Å². The molecule has 0 amide bonds. The normalized spacial score (nSPS) is 13.1. The Morgan fingerprint density at radius 3 is 2.75 bits per heavy atom. The van der Waals surface area contributed by atoms with E-state index in [2.05, 4.69) is 6.07 Å². The zero-order chi connectivity index (χ0) is 12.2. The van der Waals surface area contributed by atoms with Gasteiger partial charge in [0.2, 0.25) is 0 Å². The molecule has 0 spiro atoms. The third-order valence-corrected chi connectivity index (χ3v) is 3.69. The van der Waals surface area contributed by atoms with Crippen LogP contribution in [0.4, 0.5) is 5.69 Å². The Morgan fingerprint density at radius 2 is 2.19 bits per heavy atom. The number of nitrogen functional groups attached to an aromatic ring is 1. The van der Waals surface area contributed by atoms with Crippen LogP contribution in [0, 0.1) is 16.7 Å². The molecule has 0 heterocycles. The predicted octanol–water partition coefficient (Wildman–Crippen LogP) is 2.32. The topological polar surface area (TPSA) is 66.9 Å². The van der Waals surface area contributed by atoms with Crippen molar-refractivity contribution in [3.63, 3.8) is 0 Å². The van der Waals surface area contributed by atoms with Crippen molar-refractivity contribution in [1.29, 1.82) is 5.26 Å². The van der Waals surface area contributed by atoms with Gasteiger partial charge in [0.15, 0.2) is 0 Å². The van der Waals surface area contributed by atoms with Crippen LogP contribution in [0.25, 0.3) is 0 Å². The second-order valence-corrected chi connectivity index (χ2v) is 5.94. The van der Waals surface area contributed by atoms with Gasteiger partial charge in [-0.1, -0.05) is 6.07 Å². The fraction of sp³-hybridized carbons (Fsp3) is 0.417. The lowest BCUT2D eigenvalue weighted by atomic mass is 9.93. The zero-order valence-corrected chi connectivity index (χ0v) is 10.4. The lowest BCUT2D eigenvalue weighted by Gasteiger charge is -2.14. The Morgan fingerprint density at radius 1 is 1.50 bits per heavy atom. The molecule has 1 aromatic rings. The monoisotopic (exact) mass is 236 g/mol. The van der Waals surface area contributed by atoms with Crippen molar-refractivity contribution in [3.8, 4) is 6.07 Å². The summed E-state index contributed by atoms with van der Waals surface area (Å²) in [5, 5.41) is 8.85. The van der Waals surface area contributed by atoms with E-state index < -0.39 is 16.2 Å². The van der Waals surface area contributed by atoms with Gasteiger partial charge in [0.25, 0.3) is 0 Å². The van der Waals surface area contributed by atoms with Crippen molar-refractivity contribution in [2.75, 3.05) is 11.5 Å². The quantitative estimate of drug-likeness (QED) is 0.816. The first-order valence-corrected chi connectivity index (χ1v) is 6.42. The molecule has 86 valence electrons. The summed E-state index contributed by atoms with van der Waals surface area (Å²) >= 11 is 0. The zero-order valence-electron chi connectivity index (χ0n) is 9.56. The average molecular weight is 236 g/mol. The summed E-state index contributed by atoms with van der Waals surface area (Å²) in [6.07, 6.45) is 0.616. The van der Waals surface area contributed by atoms with Crippen molar-refractivity contribution in [3.05, 3.63) is 24.3 Å². The highest BCUT2D eigenvalue weighted by atomic mass is 32.2. The van der Waals surface area contributed by atoms with Crippen molar-refractivity contribution < 1.29 is 4.21 Å². The second-order valence-electron chi connectivity index (χ2n) is 4.37. The first kappa shape index (κ1) is 12.7. The smallest absolute Gasteiger partial charge is 0.0684 e. The Bertz CT molecular complexity index is 435. The molecule has 0 radical (unpaired) electrons. The van der Waals surface area contributed by atoms with Crippen LogP contribution in [-0.4, -0.2) is 9.96 Å². The van der Waals surface area contributed by atoms with Crippen LogP contribution in [0.1, 0.15) is 20.3 Å². The molecule has 0 saturated heterocycles. The van der Waals surface area contributed by atoms with E-state index in [-0.39, 0.29) is 0 Å². The highest BCUT2D eigenvalue weighted by Crippen LogP contribution is 2.21. The van der Waals surface area contributed by atoms with Crippen molar-refractivity contribution in [2.24, 2.45) is 5.41 Å². The van der Waals surface area contributed by atoms with E-state index in [1.165, 1.54) is 0 Å². The van der Waals surface area contributed by atoms with E-state index in [0.29, 0.717) is 17.9 Å². The Hall–Kier alpha value is -1.34. The Labute approximate surface area is 98.7 Å². The SMILES string of the molecule is CC(C)(C#N)CCS(=O)c1cccc(N)c1. The molecule has 0 fully saturated rings. The molecule has 1 aromatic carbocycles. The minimum absolute atomic E-state index is 0.421. The number of nitrogens with two attached hydrogens (primary N) is 1. The van der Waals surface area contributed by atoms with Gasteiger partial charge in [-0.3, -0.25) is 4.21 Å². The average Bonchev–Trinajstić information content (AvgIpc) is 2.26. The van der Waals surface area contributed by atoms with Gasteiger partial charge in [-0.25, -0.2) is 0 Å². The maximum Gasteiger partial charge on any atom is 0.0684 e. The molecule has 1 atom stereocenters. The summed E-state index contributed by atoms with van der Waals surface area (Å²) in [7, 11) is -1.07. The molecule has 3 nitrogen and oxygen atoms in total. The molecule has 2 N–H and O–H groups in total. The van der Waals surface area contributed by atoms with Crippen LogP contribution >= 0.6 is 0 Å². The highest BCUT2D eigenvalue weighted by Gasteiger charge is 2.18. The number of hydrogen-bond acceptors (Lipinski definition) is 3. The Balaban J connectivity index is 2.64. The molecule has 4 heteroatoms. The molecule has 16 heavy (non-hydrogen) atoms. The van der Waals surface area contributed by atoms with E-state index >= 15 is 0 Å². The van der Waals surface area contributed by atoms with Crippen molar-refractivity contribution in [2.45, 2.75) is 25.2 Å². The largest absolute Gasteiger partial charge is 0.399 e. The summed E-state index contributed by atoms with van der Waals surface area (Å²) < 4.78 is 11.9. The molecular formula is C12H16N2OS. The number of benzene rings is 1. The van der Waals surface area contributed by atoms with E-state index in [9.17, 15) is 4.21 Å². The molecule has 0 aliphatic rings.